The van der Waals surface area contributed by atoms with Crippen LogP contribution < -0.4 is 15.0 Å². The van der Waals surface area contributed by atoms with Crippen molar-refractivity contribution in [3.8, 4) is 11.6 Å². The summed E-state index contributed by atoms with van der Waals surface area (Å²) >= 11 is 0. The summed E-state index contributed by atoms with van der Waals surface area (Å²) in [6, 6.07) is 3.51. The molecule has 200 valence electrons. The Morgan fingerprint density at radius 2 is 1.78 bits per heavy atom. The number of carbonyl (C=O) groups is 1. The Kier molecular flexibility index (Phi) is 7.37. The van der Waals surface area contributed by atoms with Gasteiger partial charge in [0.05, 0.1) is 12.0 Å². The predicted molar refractivity (Wildman–Crippen MR) is 134 cm³/mol. The summed E-state index contributed by atoms with van der Waals surface area (Å²) in [6.45, 7) is 9.09. The molecule has 2 N–H and O–H groups in total. The molecule has 0 unspecified atom stereocenters. The minimum Gasteiger partial charge on any atom is -0.494 e. The zero-order chi connectivity index (χ0) is 26.9. The number of nitrogens with one attached hydrogen (secondary N) is 1. The Morgan fingerprint density at radius 3 is 2.32 bits per heavy atom. The lowest BCUT2D eigenvalue weighted by Crippen LogP contribution is -2.48. The second kappa shape index (κ2) is 10.3. The van der Waals surface area contributed by atoms with Crippen molar-refractivity contribution in [1.82, 2.24) is 19.4 Å². The van der Waals surface area contributed by atoms with Gasteiger partial charge >= 0.3 is 6.18 Å². The van der Waals surface area contributed by atoms with Crippen molar-refractivity contribution in [1.29, 1.82) is 0 Å². The highest BCUT2D eigenvalue weighted by Crippen LogP contribution is 2.40. The first-order valence-electron chi connectivity index (χ1n) is 12.2. The van der Waals surface area contributed by atoms with Crippen LogP contribution in [0.5, 0.6) is 11.6 Å². The molecular formula is C25H31F3N6O3. The molecule has 1 aliphatic rings. The number of ether oxygens (including phenoxy) is 1. The van der Waals surface area contributed by atoms with Crippen LogP contribution in [-0.4, -0.2) is 69.4 Å². The molecule has 9 nitrogen and oxygen atoms in total. The van der Waals surface area contributed by atoms with Crippen LogP contribution in [-0.2, 0) is 4.79 Å². The third-order valence-electron chi connectivity index (χ3n) is 6.36. The normalized spacial score (nSPS) is 15.4. The monoisotopic (exact) mass is 520 g/mol. The van der Waals surface area contributed by atoms with Gasteiger partial charge in [-0.2, -0.15) is 18.2 Å². The van der Waals surface area contributed by atoms with Crippen LogP contribution in [0.2, 0.25) is 0 Å². The second-order valence-corrected chi connectivity index (χ2v) is 9.20. The van der Waals surface area contributed by atoms with Crippen molar-refractivity contribution in [2.24, 2.45) is 0 Å². The number of carbonyl (C=O) groups excluding carboxylic acids is 1. The quantitative estimate of drug-likeness (QED) is 0.474. The number of aromatic nitrogens is 3. The van der Waals surface area contributed by atoms with Gasteiger partial charge < -0.3 is 29.5 Å². The average molecular weight is 521 g/mol. The SMILES string of the molecule is CCOc1ccc([C@@H](Nc2nc(N3CCN(C(C)=O)CC3)nc3c(O)n(C(C)C)cc23)C(F)(F)F)cc1. The summed E-state index contributed by atoms with van der Waals surface area (Å²) in [5.41, 5.74) is 0.148. The van der Waals surface area contributed by atoms with Crippen molar-refractivity contribution < 1.29 is 27.8 Å². The van der Waals surface area contributed by atoms with E-state index in [9.17, 15) is 23.1 Å². The van der Waals surface area contributed by atoms with E-state index < -0.39 is 12.2 Å². The Labute approximate surface area is 212 Å². The molecule has 3 aromatic rings. The summed E-state index contributed by atoms with van der Waals surface area (Å²) in [7, 11) is 0. The molecule has 0 radical (unpaired) electrons. The lowest BCUT2D eigenvalue weighted by molar-refractivity contribution is -0.144. The lowest BCUT2D eigenvalue weighted by atomic mass is 10.1. The van der Waals surface area contributed by atoms with Crippen LogP contribution in [0.15, 0.2) is 30.5 Å². The Morgan fingerprint density at radius 1 is 1.14 bits per heavy atom. The highest BCUT2D eigenvalue weighted by molar-refractivity contribution is 5.94. The molecule has 0 bridgehead atoms. The summed E-state index contributed by atoms with van der Waals surface area (Å²) in [5, 5.41) is 13.7. The third kappa shape index (κ3) is 5.52. The number of aromatic hydroxyl groups is 1. The molecule has 2 aromatic heterocycles. The number of hydrogen-bond donors (Lipinski definition) is 2. The number of benzene rings is 1. The van der Waals surface area contributed by atoms with Crippen LogP contribution in [0.25, 0.3) is 10.9 Å². The molecule has 12 heteroatoms. The maximum absolute atomic E-state index is 14.3. The van der Waals surface area contributed by atoms with Gasteiger partial charge in [0.2, 0.25) is 17.7 Å². The van der Waals surface area contributed by atoms with Crippen molar-refractivity contribution in [2.45, 2.75) is 46.0 Å². The zero-order valence-electron chi connectivity index (χ0n) is 21.2. The van der Waals surface area contributed by atoms with E-state index in [0.717, 1.165) is 0 Å². The van der Waals surface area contributed by atoms with Crippen LogP contribution in [0, 0.1) is 0 Å². The van der Waals surface area contributed by atoms with E-state index in [0.29, 0.717) is 38.5 Å². The molecule has 37 heavy (non-hydrogen) atoms. The maximum Gasteiger partial charge on any atom is 0.412 e. The fourth-order valence-corrected chi connectivity index (χ4v) is 4.35. The highest BCUT2D eigenvalue weighted by Gasteiger charge is 2.42. The van der Waals surface area contributed by atoms with Gasteiger partial charge in [-0.1, -0.05) is 12.1 Å². The largest absolute Gasteiger partial charge is 0.494 e. The van der Waals surface area contributed by atoms with Crippen LogP contribution in [0.1, 0.15) is 45.3 Å². The molecule has 1 atom stereocenters. The number of fused-ring (bicyclic) bond motifs is 1. The van der Waals surface area contributed by atoms with Gasteiger partial charge in [-0.05, 0) is 38.5 Å². The zero-order valence-corrected chi connectivity index (χ0v) is 21.2. The molecule has 1 fully saturated rings. The number of piperazine rings is 1. The summed E-state index contributed by atoms with van der Waals surface area (Å²) < 4.78 is 49.8. The van der Waals surface area contributed by atoms with Crippen LogP contribution in [0.3, 0.4) is 0 Å². The smallest absolute Gasteiger partial charge is 0.412 e. The lowest BCUT2D eigenvalue weighted by Gasteiger charge is -2.34. The van der Waals surface area contributed by atoms with E-state index in [-0.39, 0.29) is 46.1 Å². The van der Waals surface area contributed by atoms with E-state index in [1.807, 2.05) is 13.8 Å². The molecule has 4 rings (SSSR count). The number of hydrogen-bond acceptors (Lipinski definition) is 7. The molecule has 0 saturated carbocycles. The van der Waals surface area contributed by atoms with Crippen LogP contribution in [0.4, 0.5) is 24.9 Å². The minimum absolute atomic E-state index is 0.00754. The molecule has 1 amide bonds. The van der Waals surface area contributed by atoms with E-state index in [2.05, 4.69) is 15.3 Å². The summed E-state index contributed by atoms with van der Waals surface area (Å²) in [6.07, 6.45) is -3.08. The van der Waals surface area contributed by atoms with Crippen molar-refractivity contribution in [2.75, 3.05) is 43.0 Å². The number of amides is 1. The number of nitrogens with zero attached hydrogens (tertiary/aromatic N) is 5. The first-order valence-corrected chi connectivity index (χ1v) is 12.2. The molecule has 3 heterocycles. The fraction of sp³-hybridized carbons (Fsp3) is 0.480. The number of anilines is 2. The maximum atomic E-state index is 14.3. The molecule has 0 spiro atoms. The molecule has 0 aliphatic carbocycles. The number of halogens is 3. The fourth-order valence-electron chi connectivity index (χ4n) is 4.35. The van der Waals surface area contributed by atoms with Gasteiger partial charge in [-0.25, -0.2) is 4.98 Å². The topological polar surface area (TPSA) is 95.8 Å². The highest BCUT2D eigenvalue weighted by atomic mass is 19.4. The van der Waals surface area contributed by atoms with Crippen molar-refractivity contribution in [3.05, 3.63) is 36.0 Å². The average Bonchev–Trinajstić information content (AvgIpc) is 3.19. The molecule has 1 aliphatic heterocycles. The van der Waals surface area contributed by atoms with Crippen LogP contribution >= 0.6 is 0 Å². The molecule has 1 aromatic carbocycles. The van der Waals surface area contributed by atoms with Crippen molar-refractivity contribution >= 4 is 28.6 Å². The first kappa shape index (κ1) is 26.4. The first-order chi connectivity index (χ1) is 17.5. The number of alkyl halides is 3. The van der Waals surface area contributed by atoms with E-state index >= 15 is 0 Å². The molecular weight excluding hydrogens is 489 g/mol. The van der Waals surface area contributed by atoms with E-state index in [1.165, 1.54) is 31.2 Å². The Balaban J connectivity index is 1.77. The van der Waals surface area contributed by atoms with Gasteiger partial charge in [0, 0.05) is 45.3 Å². The second-order valence-electron chi connectivity index (χ2n) is 9.20. The Bertz CT molecular complexity index is 1250. The summed E-state index contributed by atoms with van der Waals surface area (Å²) in [5.74, 6) is 0.419. The van der Waals surface area contributed by atoms with Gasteiger partial charge in [0.1, 0.15) is 23.1 Å². The van der Waals surface area contributed by atoms with Gasteiger partial charge in [0.25, 0.3) is 0 Å². The van der Waals surface area contributed by atoms with Gasteiger partial charge in [-0.3, -0.25) is 4.79 Å². The molecule has 1 saturated heterocycles. The van der Waals surface area contributed by atoms with E-state index in [4.69, 9.17) is 4.74 Å². The predicted octanol–water partition coefficient (Wildman–Crippen LogP) is 4.50. The number of rotatable bonds is 7. The summed E-state index contributed by atoms with van der Waals surface area (Å²) in [4.78, 5) is 24.2. The standard InChI is InChI=1S/C25H31F3N6O3/c1-5-37-18-8-6-17(7-9-18)21(25(26,27)28)30-22-19-14-34(15(2)3)23(36)20(19)29-24(31-22)33-12-10-32(11-13-33)16(4)35/h6-9,14-15,21,36H,5,10-13H2,1-4H3,(H,29,30,31)/t21-/m1/s1. The van der Waals surface area contributed by atoms with E-state index in [1.54, 1.807) is 27.5 Å². The van der Waals surface area contributed by atoms with Crippen molar-refractivity contribution in [3.63, 3.8) is 0 Å². The van der Waals surface area contributed by atoms with Gasteiger partial charge in [0.15, 0.2) is 0 Å². The Hall–Kier alpha value is -3.70. The van der Waals surface area contributed by atoms with Gasteiger partial charge in [-0.15, -0.1) is 0 Å². The minimum atomic E-state index is -4.64. The third-order valence-corrected chi connectivity index (χ3v) is 6.36.